The summed E-state index contributed by atoms with van der Waals surface area (Å²) in [7, 11) is 3.23. The van der Waals surface area contributed by atoms with E-state index in [4.69, 9.17) is 20.3 Å². The molecule has 26 heavy (non-hydrogen) atoms. The summed E-state index contributed by atoms with van der Waals surface area (Å²) in [5.74, 6) is 2.73. The Labute approximate surface area is 154 Å². The number of aromatic nitrogens is 3. The van der Waals surface area contributed by atoms with Crippen molar-refractivity contribution >= 4 is 23.2 Å². The van der Waals surface area contributed by atoms with Crippen molar-refractivity contribution in [3.63, 3.8) is 0 Å². The van der Waals surface area contributed by atoms with E-state index in [0.717, 1.165) is 33.4 Å². The van der Waals surface area contributed by atoms with Crippen molar-refractivity contribution in [2.24, 2.45) is 5.10 Å². The molecule has 0 aliphatic carbocycles. The number of ether oxygens (including phenoxy) is 2. The lowest BCUT2D eigenvalue weighted by Crippen LogP contribution is -2.13. The number of nitrogens with two attached hydrogens (primary N) is 1. The van der Waals surface area contributed by atoms with Gasteiger partial charge in [-0.05, 0) is 29.8 Å². The van der Waals surface area contributed by atoms with Crippen LogP contribution in [0.3, 0.4) is 0 Å². The van der Waals surface area contributed by atoms with Crippen LogP contribution in [0.15, 0.2) is 52.7 Å². The van der Waals surface area contributed by atoms with Crippen LogP contribution in [0.4, 0.5) is 5.69 Å². The highest BCUT2D eigenvalue weighted by atomic mass is 32.2. The molecule has 7 nitrogen and oxygen atoms in total. The van der Waals surface area contributed by atoms with Crippen LogP contribution >= 0.6 is 11.8 Å². The molecule has 1 aliphatic rings. The Morgan fingerprint density at radius 2 is 1.65 bits per heavy atom. The van der Waals surface area contributed by atoms with E-state index in [1.165, 1.54) is 0 Å². The molecule has 2 N–H and O–H groups in total. The van der Waals surface area contributed by atoms with Gasteiger partial charge in [-0.2, -0.15) is 9.78 Å². The molecule has 0 saturated heterocycles. The Morgan fingerprint density at radius 1 is 0.962 bits per heavy atom. The number of thioether (sulfide) groups is 1. The highest BCUT2D eigenvalue weighted by Crippen LogP contribution is 2.32. The maximum Gasteiger partial charge on any atom is 0.212 e. The van der Waals surface area contributed by atoms with Crippen molar-refractivity contribution in [1.29, 1.82) is 0 Å². The molecule has 0 spiro atoms. The van der Waals surface area contributed by atoms with E-state index in [9.17, 15) is 0 Å². The Balaban J connectivity index is 1.79. The fourth-order valence-corrected chi connectivity index (χ4v) is 3.50. The van der Waals surface area contributed by atoms with Gasteiger partial charge in [0.05, 0.1) is 19.9 Å². The number of nitrogens with zero attached hydrogens (tertiary/aromatic N) is 4. The average Bonchev–Trinajstić information content (AvgIpc) is 3.11. The first-order valence-electron chi connectivity index (χ1n) is 7.93. The number of hydrogen-bond acceptors (Lipinski definition) is 7. The second-order valence-electron chi connectivity index (χ2n) is 5.68. The molecule has 0 atom stereocenters. The molecule has 2 heterocycles. The third-order valence-corrected chi connectivity index (χ3v) is 4.95. The van der Waals surface area contributed by atoms with Gasteiger partial charge in [0.15, 0.2) is 5.82 Å². The molecular formula is C18H17N5O2S. The summed E-state index contributed by atoms with van der Waals surface area (Å²) >= 11 is 1.60. The molecule has 1 aromatic heterocycles. The van der Waals surface area contributed by atoms with Crippen molar-refractivity contribution in [1.82, 2.24) is 14.9 Å². The Bertz CT molecular complexity index is 959. The molecule has 1 aliphatic heterocycles. The predicted octanol–water partition coefficient (Wildman–Crippen LogP) is 2.90. The second kappa shape index (κ2) is 6.72. The maximum absolute atomic E-state index is 5.78. The lowest BCUT2D eigenvalue weighted by Gasteiger charge is -2.14. The summed E-state index contributed by atoms with van der Waals surface area (Å²) in [4.78, 5) is 0. The lowest BCUT2D eigenvalue weighted by molar-refractivity contribution is 0.394. The minimum atomic E-state index is 0.636. The number of benzene rings is 2. The fourth-order valence-electron chi connectivity index (χ4n) is 2.66. The van der Waals surface area contributed by atoms with Crippen LogP contribution in [0, 0.1) is 0 Å². The second-order valence-corrected chi connectivity index (χ2v) is 6.62. The SMILES string of the molecule is COc1cc(OC)cc(-c2nnc3n2N=C(c2ccc(N)cc2)CS3)c1. The van der Waals surface area contributed by atoms with E-state index in [1.54, 1.807) is 30.7 Å². The summed E-state index contributed by atoms with van der Waals surface area (Å²) in [5, 5.41) is 14.1. The van der Waals surface area contributed by atoms with Gasteiger partial charge in [0.25, 0.3) is 0 Å². The maximum atomic E-state index is 5.78. The van der Waals surface area contributed by atoms with Gasteiger partial charge < -0.3 is 15.2 Å². The van der Waals surface area contributed by atoms with Crippen LogP contribution < -0.4 is 15.2 Å². The van der Waals surface area contributed by atoms with Gasteiger partial charge in [0.1, 0.15) is 11.5 Å². The zero-order valence-electron chi connectivity index (χ0n) is 14.3. The van der Waals surface area contributed by atoms with Crippen LogP contribution in [0.2, 0.25) is 0 Å². The molecule has 3 aromatic rings. The molecule has 0 amide bonds. The molecular weight excluding hydrogens is 350 g/mol. The van der Waals surface area contributed by atoms with Crippen molar-refractivity contribution in [3.05, 3.63) is 48.0 Å². The Morgan fingerprint density at radius 3 is 2.31 bits per heavy atom. The number of fused-ring (bicyclic) bond motifs is 1. The summed E-state index contributed by atoms with van der Waals surface area (Å²) in [6, 6.07) is 13.3. The minimum absolute atomic E-state index is 0.636. The van der Waals surface area contributed by atoms with Gasteiger partial charge in [-0.25, -0.2) is 0 Å². The van der Waals surface area contributed by atoms with E-state index >= 15 is 0 Å². The Hall–Kier alpha value is -3.00. The van der Waals surface area contributed by atoms with Gasteiger partial charge in [-0.3, -0.25) is 0 Å². The van der Waals surface area contributed by atoms with Crippen LogP contribution in [0.5, 0.6) is 11.5 Å². The molecule has 0 unspecified atom stereocenters. The molecule has 0 saturated carbocycles. The van der Waals surface area contributed by atoms with E-state index < -0.39 is 0 Å². The average molecular weight is 367 g/mol. The van der Waals surface area contributed by atoms with E-state index in [2.05, 4.69) is 10.2 Å². The highest BCUT2D eigenvalue weighted by Gasteiger charge is 2.21. The number of hydrogen-bond donors (Lipinski definition) is 1. The third kappa shape index (κ3) is 2.99. The van der Waals surface area contributed by atoms with Crippen LogP contribution in [-0.4, -0.2) is 40.6 Å². The molecule has 0 fully saturated rings. The minimum Gasteiger partial charge on any atom is -0.497 e. The lowest BCUT2D eigenvalue weighted by atomic mass is 10.1. The highest BCUT2D eigenvalue weighted by molar-refractivity contribution is 7.99. The summed E-state index contributed by atoms with van der Waals surface area (Å²) < 4.78 is 12.5. The zero-order chi connectivity index (χ0) is 18.1. The first-order valence-corrected chi connectivity index (χ1v) is 8.92. The number of rotatable bonds is 4. The van der Waals surface area contributed by atoms with Crippen molar-refractivity contribution in [2.75, 3.05) is 25.7 Å². The molecule has 0 bridgehead atoms. The van der Waals surface area contributed by atoms with E-state index in [1.807, 2.05) is 42.5 Å². The fraction of sp³-hybridized carbons (Fsp3) is 0.167. The predicted molar refractivity (Wildman–Crippen MR) is 102 cm³/mol. The molecule has 132 valence electrons. The summed E-state index contributed by atoms with van der Waals surface area (Å²) in [6.45, 7) is 0. The summed E-state index contributed by atoms with van der Waals surface area (Å²) in [6.07, 6.45) is 0. The number of anilines is 1. The quantitative estimate of drug-likeness (QED) is 0.714. The van der Waals surface area contributed by atoms with Gasteiger partial charge in [-0.1, -0.05) is 23.9 Å². The van der Waals surface area contributed by atoms with Crippen molar-refractivity contribution in [2.45, 2.75) is 5.16 Å². The molecule has 0 radical (unpaired) electrons. The number of methoxy groups -OCH3 is 2. The largest absolute Gasteiger partial charge is 0.497 e. The van der Waals surface area contributed by atoms with Crippen molar-refractivity contribution in [3.8, 4) is 22.9 Å². The standard InChI is InChI=1S/C18H17N5O2S/c1-24-14-7-12(8-15(9-14)25-2)17-20-21-18-23(17)22-16(10-26-18)11-3-5-13(19)6-4-11/h3-9H,10,19H2,1-2H3. The number of nitrogen functional groups attached to an aromatic ring is 1. The topological polar surface area (TPSA) is 87.5 Å². The monoisotopic (exact) mass is 367 g/mol. The van der Waals surface area contributed by atoms with Gasteiger partial charge >= 0.3 is 0 Å². The van der Waals surface area contributed by atoms with E-state index in [-0.39, 0.29) is 0 Å². The zero-order valence-corrected chi connectivity index (χ0v) is 15.2. The van der Waals surface area contributed by atoms with Crippen molar-refractivity contribution < 1.29 is 9.47 Å². The van der Waals surface area contributed by atoms with Crippen LogP contribution in [0.1, 0.15) is 5.56 Å². The first kappa shape index (κ1) is 16.5. The molecule has 8 heteroatoms. The third-order valence-electron chi connectivity index (χ3n) is 4.02. The smallest absolute Gasteiger partial charge is 0.212 e. The van der Waals surface area contributed by atoms with Gasteiger partial charge in [-0.15, -0.1) is 10.2 Å². The molecule has 4 rings (SSSR count). The van der Waals surface area contributed by atoms with E-state index in [0.29, 0.717) is 17.3 Å². The first-order chi connectivity index (χ1) is 12.7. The van der Waals surface area contributed by atoms with Gasteiger partial charge in [0.2, 0.25) is 5.16 Å². The van der Waals surface area contributed by atoms with Gasteiger partial charge in [0, 0.05) is 23.1 Å². The molecule has 2 aromatic carbocycles. The summed E-state index contributed by atoms with van der Waals surface area (Å²) in [5.41, 5.74) is 9.30. The normalized spacial score (nSPS) is 13.1. The van der Waals surface area contributed by atoms with Crippen LogP contribution in [-0.2, 0) is 0 Å². The Kier molecular flexibility index (Phi) is 4.26. The van der Waals surface area contributed by atoms with Crippen LogP contribution in [0.25, 0.3) is 11.4 Å².